The van der Waals surface area contributed by atoms with Crippen molar-refractivity contribution in [1.29, 1.82) is 0 Å². The van der Waals surface area contributed by atoms with Gasteiger partial charge in [0.25, 0.3) is 5.91 Å². The molecular weight excluding hydrogens is 302 g/mol. The predicted molar refractivity (Wildman–Crippen MR) is 91.8 cm³/mol. The second-order valence-corrected chi connectivity index (χ2v) is 6.33. The number of rotatable bonds is 5. The first-order valence-electron chi connectivity index (χ1n) is 8.19. The lowest BCUT2D eigenvalue weighted by Crippen LogP contribution is -2.11. The molecule has 0 bridgehead atoms. The Hall–Kier alpha value is -2.82. The predicted octanol–water partition coefficient (Wildman–Crippen LogP) is 4.37. The van der Waals surface area contributed by atoms with Crippen molar-refractivity contribution < 1.29 is 9.21 Å². The minimum absolute atomic E-state index is 0.140. The van der Waals surface area contributed by atoms with E-state index in [1.807, 2.05) is 35.1 Å². The summed E-state index contributed by atoms with van der Waals surface area (Å²) in [6.45, 7) is 2.17. The Bertz CT molecular complexity index is 847. The van der Waals surface area contributed by atoms with E-state index in [0.29, 0.717) is 11.6 Å². The number of nitrogens with one attached hydrogen (secondary N) is 1. The Morgan fingerprint density at radius 3 is 2.96 bits per heavy atom. The Balaban J connectivity index is 1.49. The van der Waals surface area contributed by atoms with Crippen LogP contribution in [0.3, 0.4) is 0 Å². The Morgan fingerprint density at radius 2 is 2.21 bits per heavy atom. The molecule has 1 fully saturated rings. The van der Waals surface area contributed by atoms with Crippen molar-refractivity contribution in [3.05, 3.63) is 60.8 Å². The van der Waals surface area contributed by atoms with Gasteiger partial charge in [-0.25, -0.2) is 0 Å². The molecule has 2 heterocycles. The minimum atomic E-state index is -0.140. The third kappa shape index (κ3) is 2.97. The molecule has 122 valence electrons. The molecule has 2 aromatic heterocycles. The van der Waals surface area contributed by atoms with Crippen LogP contribution >= 0.6 is 0 Å². The number of hydrogen-bond acceptors (Lipinski definition) is 3. The van der Waals surface area contributed by atoms with Gasteiger partial charge in [-0.15, -0.1) is 0 Å². The SMILES string of the molecule is CC(C1CC1)n1cc(NC(=O)c2cccc(-c3ccoc3)c2)cn1. The Morgan fingerprint density at radius 1 is 1.33 bits per heavy atom. The highest BCUT2D eigenvalue weighted by Crippen LogP contribution is 2.39. The number of carbonyl (C=O) groups is 1. The van der Waals surface area contributed by atoms with Crippen LogP contribution in [0.1, 0.15) is 36.2 Å². The maximum atomic E-state index is 12.5. The molecule has 1 atom stereocenters. The average Bonchev–Trinajstić information content (AvgIpc) is 3.10. The third-order valence-electron chi connectivity index (χ3n) is 4.56. The van der Waals surface area contributed by atoms with Gasteiger partial charge in [-0.2, -0.15) is 5.10 Å². The fraction of sp³-hybridized carbons (Fsp3) is 0.263. The minimum Gasteiger partial charge on any atom is -0.472 e. The fourth-order valence-electron chi connectivity index (χ4n) is 2.89. The van der Waals surface area contributed by atoms with Crippen molar-refractivity contribution in [3.8, 4) is 11.1 Å². The van der Waals surface area contributed by atoms with Crippen LogP contribution in [0.5, 0.6) is 0 Å². The molecule has 0 radical (unpaired) electrons. The maximum Gasteiger partial charge on any atom is 0.255 e. The highest BCUT2D eigenvalue weighted by atomic mass is 16.3. The smallest absolute Gasteiger partial charge is 0.255 e. The van der Waals surface area contributed by atoms with Crippen LogP contribution in [-0.4, -0.2) is 15.7 Å². The second kappa shape index (κ2) is 6.00. The lowest BCUT2D eigenvalue weighted by Gasteiger charge is -2.09. The van der Waals surface area contributed by atoms with Crippen LogP contribution in [0, 0.1) is 5.92 Å². The summed E-state index contributed by atoms with van der Waals surface area (Å²) in [4.78, 5) is 12.5. The van der Waals surface area contributed by atoms with Crippen molar-refractivity contribution >= 4 is 11.6 Å². The number of anilines is 1. The Labute approximate surface area is 140 Å². The topological polar surface area (TPSA) is 60.1 Å². The van der Waals surface area contributed by atoms with Gasteiger partial charge < -0.3 is 9.73 Å². The first-order chi connectivity index (χ1) is 11.7. The zero-order valence-corrected chi connectivity index (χ0v) is 13.5. The van der Waals surface area contributed by atoms with E-state index in [0.717, 1.165) is 22.7 Å². The van der Waals surface area contributed by atoms with Crippen LogP contribution in [0.2, 0.25) is 0 Å². The van der Waals surface area contributed by atoms with E-state index in [4.69, 9.17) is 4.42 Å². The number of furan rings is 1. The van der Waals surface area contributed by atoms with Crippen LogP contribution in [0.25, 0.3) is 11.1 Å². The fourth-order valence-corrected chi connectivity index (χ4v) is 2.89. The Kier molecular flexibility index (Phi) is 3.69. The van der Waals surface area contributed by atoms with Gasteiger partial charge in [0.05, 0.1) is 30.5 Å². The molecule has 0 aliphatic heterocycles. The molecule has 5 heteroatoms. The van der Waals surface area contributed by atoms with Crippen molar-refractivity contribution in [3.63, 3.8) is 0 Å². The highest BCUT2D eigenvalue weighted by Gasteiger charge is 2.29. The maximum absolute atomic E-state index is 12.5. The molecule has 1 amide bonds. The molecular formula is C19H19N3O2. The number of amides is 1. The average molecular weight is 321 g/mol. The van der Waals surface area contributed by atoms with E-state index >= 15 is 0 Å². The van der Waals surface area contributed by atoms with Crippen LogP contribution in [0.15, 0.2) is 59.7 Å². The van der Waals surface area contributed by atoms with Gasteiger partial charge in [-0.05, 0) is 49.4 Å². The summed E-state index contributed by atoms with van der Waals surface area (Å²) in [5.74, 6) is 0.582. The molecule has 1 saturated carbocycles. The summed E-state index contributed by atoms with van der Waals surface area (Å²) in [5, 5.41) is 7.29. The molecule has 1 N–H and O–H groups in total. The number of carbonyl (C=O) groups excluding carboxylic acids is 1. The molecule has 0 spiro atoms. The van der Waals surface area contributed by atoms with Crippen LogP contribution in [-0.2, 0) is 0 Å². The molecule has 1 aliphatic rings. The van der Waals surface area contributed by atoms with Gasteiger partial charge in [0, 0.05) is 17.3 Å². The second-order valence-electron chi connectivity index (χ2n) is 6.33. The summed E-state index contributed by atoms with van der Waals surface area (Å²) in [5.41, 5.74) is 3.24. The normalized spacial score (nSPS) is 15.2. The standard InChI is InChI=1S/C19H19N3O2/c1-13(14-5-6-14)22-11-18(10-20-22)21-19(23)16-4-2-3-15(9-16)17-7-8-24-12-17/h2-4,7-14H,5-6H2,1H3,(H,21,23). The summed E-state index contributed by atoms with van der Waals surface area (Å²) in [6.07, 6.45) is 9.43. The van der Waals surface area contributed by atoms with E-state index < -0.39 is 0 Å². The molecule has 1 aliphatic carbocycles. The van der Waals surface area contributed by atoms with Gasteiger partial charge in [-0.1, -0.05) is 12.1 Å². The first kappa shape index (κ1) is 14.8. The molecule has 1 aromatic carbocycles. The van der Waals surface area contributed by atoms with Crippen molar-refractivity contribution in [2.75, 3.05) is 5.32 Å². The van der Waals surface area contributed by atoms with E-state index in [9.17, 15) is 4.79 Å². The molecule has 5 nitrogen and oxygen atoms in total. The molecule has 4 rings (SSSR count). The van der Waals surface area contributed by atoms with E-state index in [1.54, 1.807) is 24.8 Å². The van der Waals surface area contributed by atoms with E-state index in [2.05, 4.69) is 17.3 Å². The summed E-state index contributed by atoms with van der Waals surface area (Å²) in [7, 11) is 0. The first-order valence-corrected chi connectivity index (χ1v) is 8.19. The van der Waals surface area contributed by atoms with Gasteiger partial charge in [0.15, 0.2) is 0 Å². The number of hydrogen-bond donors (Lipinski definition) is 1. The monoisotopic (exact) mass is 321 g/mol. The van der Waals surface area contributed by atoms with E-state index in [-0.39, 0.29) is 5.91 Å². The van der Waals surface area contributed by atoms with Crippen molar-refractivity contribution in [2.45, 2.75) is 25.8 Å². The van der Waals surface area contributed by atoms with E-state index in [1.165, 1.54) is 12.8 Å². The van der Waals surface area contributed by atoms with Crippen molar-refractivity contribution in [2.24, 2.45) is 5.92 Å². The van der Waals surface area contributed by atoms with Crippen LogP contribution < -0.4 is 5.32 Å². The molecule has 24 heavy (non-hydrogen) atoms. The van der Waals surface area contributed by atoms with Gasteiger partial charge >= 0.3 is 0 Å². The number of benzene rings is 1. The molecule has 0 saturated heterocycles. The van der Waals surface area contributed by atoms with Crippen molar-refractivity contribution in [1.82, 2.24) is 9.78 Å². The quantitative estimate of drug-likeness (QED) is 0.759. The zero-order valence-electron chi connectivity index (χ0n) is 13.5. The largest absolute Gasteiger partial charge is 0.472 e. The summed E-state index contributed by atoms with van der Waals surface area (Å²) < 4.78 is 7.04. The summed E-state index contributed by atoms with van der Waals surface area (Å²) >= 11 is 0. The van der Waals surface area contributed by atoms with Gasteiger partial charge in [0.1, 0.15) is 0 Å². The lowest BCUT2D eigenvalue weighted by molar-refractivity contribution is 0.102. The van der Waals surface area contributed by atoms with Gasteiger partial charge in [0.2, 0.25) is 0 Å². The molecule has 1 unspecified atom stereocenters. The third-order valence-corrected chi connectivity index (χ3v) is 4.56. The van der Waals surface area contributed by atoms with Crippen LogP contribution in [0.4, 0.5) is 5.69 Å². The zero-order chi connectivity index (χ0) is 16.5. The summed E-state index contributed by atoms with van der Waals surface area (Å²) in [6, 6.07) is 9.75. The number of nitrogens with zero attached hydrogens (tertiary/aromatic N) is 2. The highest BCUT2D eigenvalue weighted by molar-refractivity contribution is 6.04. The number of aromatic nitrogens is 2. The molecule has 3 aromatic rings. The lowest BCUT2D eigenvalue weighted by atomic mass is 10.1. The van der Waals surface area contributed by atoms with Gasteiger partial charge in [-0.3, -0.25) is 9.48 Å².